The van der Waals surface area contributed by atoms with Crippen LogP contribution in [0.4, 0.5) is 10.5 Å². The summed E-state index contributed by atoms with van der Waals surface area (Å²) < 4.78 is 10.8. The first-order chi connectivity index (χ1) is 19.8. The highest BCUT2D eigenvalue weighted by Crippen LogP contribution is 2.31. The summed E-state index contributed by atoms with van der Waals surface area (Å²) >= 11 is 1.59. The van der Waals surface area contributed by atoms with Gasteiger partial charge in [-0.15, -0.1) is 0 Å². The molecule has 0 aliphatic rings. The Bertz CT molecular complexity index is 1160. The van der Waals surface area contributed by atoms with Gasteiger partial charge in [-0.2, -0.15) is 11.8 Å². The molecule has 9 heteroatoms. The topological polar surface area (TPSA) is 97.0 Å². The number of benzene rings is 2. The number of hydrogen-bond acceptors (Lipinski definition) is 6. The molecule has 3 unspecified atom stereocenters. The van der Waals surface area contributed by atoms with Gasteiger partial charge >= 0.3 is 6.09 Å². The average Bonchev–Trinajstić information content (AvgIpc) is 2.92. The smallest absolute Gasteiger partial charge is 0.408 e. The summed E-state index contributed by atoms with van der Waals surface area (Å²) in [5, 5.41) is 5.84. The molecular weight excluding hydrogens is 550 g/mol. The highest BCUT2D eigenvalue weighted by Gasteiger charge is 2.39. The molecule has 8 nitrogen and oxygen atoms in total. The van der Waals surface area contributed by atoms with E-state index >= 15 is 0 Å². The standard InChI is InChI=1S/C33H49N3O5S/c1-22(2)14-15-24(4)36(31(38)28(20-21-42-9)35-32(39)41-33(5,6)7)29(27-13-11-10-12-23(27)3)30(37)34-25-16-18-26(40-8)19-17-25/h10-13,16-19,22,24,28-29H,14-15,20-21H2,1-9H3,(H,34,37)(H,35,39). The van der Waals surface area contributed by atoms with Crippen molar-refractivity contribution in [3.8, 4) is 5.75 Å². The molecule has 232 valence electrons. The molecule has 3 amide bonds. The van der Waals surface area contributed by atoms with E-state index in [1.807, 2.05) is 44.4 Å². The second-order valence-corrected chi connectivity index (χ2v) is 13.0. The van der Waals surface area contributed by atoms with Crippen molar-refractivity contribution in [2.24, 2.45) is 5.92 Å². The fourth-order valence-electron chi connectivity index (χ4n) is 4.63. The van der Waals surface area contributed by atoms with Crippen molar-refractivity contribution in [1.82, 2.24) is 10.2 Å². The summed E-state index contributed by atoms with van der Waals surface area (Å²) in [5.41, 5.74) is 1.49. The summed E-state index contributed by atoms with van der Waals surface area (Å²) in [4.78, 5) is 43.3. The maximum Gasteiger partial charge on any atom is 0.408 e. The number of alkyl carbamates (subject to hydrolysis) is 1. The summed E-state index contributed by atoms with van der Waals surface area (Å²) in [6, 6.07) is 12.6. The number of anilines is 1. The molecule has 42 heavy (non-hydrogen) atoms. The molecule has 0 heterocycles. The number of nitrogens with one attached hydrogen (secondary N) is 2. The quantitative estimate of drug-likeness (QED) is 0.243. The molecule has 0 saturated heterocycles. The van der Waals surface area contributed by atoms with Gasteiger partial charge in [0.1, 0.15) is 23.4 Å². The first-order valence-corrected chi connectivity index (χ1v) is 16.0. The molecule has 0 saturated carbocycles. The Hall–Kier alpha value is -3.20. The second-order valence-electron chi connectivity index (χ2n) is 12.0. The van der Waals surface area contributed by atoms with Crippen LogP contribution in [0.3, 0.4) is 0 Å². The van der Waals surface area contributed by atoms with E-state index in [2.05, 4.69) is 24.5 Å². The Morgan fingerprint density at radius 3 is 2.14 bits per heavy atom. The SMILES string of the molecule is COc1ccc(NC(=O)C(c2ccccc2C)N(C(=O)C(CCSC)NC(=O)OC(C)(C)C)C(C)CCC(C)C)cc1. The molecule has 0 radical (unpaired) electrons. The van der Waals surface area contributed by atoms with Crippen LogP contribution in [-0.2, 0) is 14.3 Å². The Morgan fingerprint density at radius 2 is 1.60 bits per heavy atom. The van der Waals surface area contributed by atoms with Gasteiger partial charge in [0.15, 0.2) is 0 Å². The van der Waals surface area contributed by atoms with E-state index in [9.17, 15) is 14.4 Å². The Labute approximate surface area is 256 Å². The van der Waals surface area contributed by atoms with E-state index in [1.165, 1.54) is 0 Å². The van der Waals surface area contributed by atoms with E-state index in [0.29, 0.717) is 35.9 Å². The van der Waals surface area contributed by atoms with Crippen molar-refractivity contribution in [1.29, 1.82) is 0 Å². The average molecular weight is 600 g/mol. The number of hydrogen-bond donors (Lipinski definition) is 2. The number of ether oxygens (including phenoxy) is 2. The fourth-order valence-corrected chi connectivity index (χ4v) is 5.10. The van der Waals surface area contributed by atoms with Crippen LogP contribution in [0.5, 0.6) is 5.75 Å². The van der Waals surface area contributed by atoms with Gasteiger partial charge in [0.05, 0.1) is 7.11 Å². The molecule has 2 N–H and O–H groups in total. The van der Waals surface area contributed by atoms with Crippen LogP contribution in [0.15, 0.2) is 48.5 Å². The minimum Gasteiger partial charge on any atom is -0.497 e. The van der Waals surface area contributed by atoms with Crippen molar-refractivity contribution < 1.29 is 23.9 Å². The molecular formula is C33H49N3O5S. The van der Waals surface area contributed by atoms with Crippen LogP contribution in [-0.4, -0.2) is 59.6 Å². The monoisotopic (exact) mass is 599 g/mol. The zero-order valence-corrected chi connectivity index (χ0v) is 27.5. The minimum atomic E-state index is -0.930. The van der Waals surface area contributed by atoms with Crippen molar-refractivity contribution >= 4 is 35.4 Å². The minimum absolute atomic E-state index is 0.289. The molecule has 0 spiro atoms. The van der Waals surface area contributed by atoms with E-state index in [-0.39, 0.29) is 17.9 Å². The third kappa shape index (κ3) is 10.9. The summed E-state index contributed by atoms with van der Waals surface area (Å²) in [5.74, 6) is 1.09. The number of rotatable bonds is 14. The largest absolute Gasteiger partial charge is 0.497 e. The molecule has 0 fully saturated rings. The van der Waals surface area contributed by atoms with Crippen LogP contribution < -0.4 is 15.4 Å². The van der Waals surface area contributed by atoms with Crippen molar-refractivity contribution in [2.75, 3.05) is 24.4 Å². The highest BCUT2D eigenvalue weighted by atomic mass is 32.2. The van der Waals surface area contributed by atoms with Gasteiger partial charge in [-0.1, -0.05) is 38.1 Å². The van der Waals surface area contributed by atoms with Gasteiger partial charge in [0.25, 0.3) is 5.91 Å². The predicted octanol–water partition coefficient (Wildman–Crippen LogP) is 6.98. The molecule has 0 bridgehead atoms. The third-order valence-corrected chi connectivity index (χ3v) is 7.50. The zero-order valence-electron chi connectivity index (χ0n) is 26.7. The number of amides is 3. The summed E-state index contributed by atoms with van der Waals surface area (Å²) in [7, 11) is 1.59. The van der Waals surface area contributed by atoms with E-state index < -0.39 is 23.8 Å². The number of nitrogens with zero attached hydrogens (tertiary/aromatic N) is 1. The molecule has 2 aromatic rings. The Kier molecular flexibility index (Phi) is 13.7. The lowest BCUT2D eigenvalue weighted by Crippen LogP contribution is -2.55. The van der Waals surface area contributed by atoms with Gasteiger partial charge in [-0.25, -0.2) is 4.79 Å². The summed E-state index contributed by atoms with van der Waals surface area (Å²) in [6.07, 6.45) is 3.26. The predicted molar refractivity (Wildman–Crippen MR) is 172 cm³/mol. The fraction of sp³-hybridized carbons (Fsp3) is 0.545. The number of carbonyl (C=O) groups excluding carboxylic acids is 3. The number of carbonyl (C=O) groups is 3. The molecule has 0 aliphatic heterocycles. The highest BCUT2D eigenvalue weighted by molar-refractivity contribution is 7.98. The van der Waals surface area contributed by atoms with Crippen molar-refractivity contribution in [3.63, 3.8) is 0 Å². The van der Waals surface area contributed by atoms with E-state index in [4.69, 9.17) is 9.47 Å². The van der Waals surface area contributed by atoms with Gasteiger partial charge < -0.3 is 25.0 Å². The van der Waals surface area contributed by atoms with Gasteiger partial charge in [-0.05, 0) is 107 Å². The van der Waals surface area contributed by atoms with Gasteiger partial charge in [0.2, 0.25) is 5.91 Å². The van der Waals surface area contributed by atoms with E-state index in [0.717, 1.165) is 17.5 Å². The zero-order chi connectivity index (χ0) is 31.4. The maximum absolute atomic E-state index is 14.6. The molecule has 0 aliphatic carbocycles. The number of aryl methyl sites for hydroxylation is 1. The maximum atomic E-state index is 14.6. The number of thioether (sulfide) groups is 1. The lowest BCUT2D eigenvalue weighted by atomic mass is 9.94. The Morgan fingerprint density at radius 1 is 0.952 bits per heavy atom. The first kappa shape index (κ1) is 35.0. The lowest BCUT2D eigenvalue weighted by Gasteiger charge is -2.39. The normalized spacial score (nSPS) is 13.6. The number of methoxy groups -OCH3 is 1. The molecule has 2 aromatic carbocycles. The van der Waals surface area contributed by atoms with Crippen LogP contribution in [0.2, 0.25) is 0 Å². The molecule has 2 rings (SSSR count). The van der Waals surface area contributed by atoms with Crippen LogP contribution in [0, 0.1) is 12.8 Å². The van der Waals surface area contributed by atoms with Crippen LogP contribution in [0.25, 0.3) is 0 Å². The molecule has 3 atom stereocenters. The van der Waals surface area contributed by atoms with Crippen molar-refractivity contribution in [2.45, 2.75) is 91.5 Å². The lowest BCUT2D eigenvalue weighted by molar-refractivity contribution is -0.143. The van der Waals surface area contributed by atoms with Crippen molar-refractivity contribution in [3.05, 3.63) is 59.7 Å². The van der Waals surface area contributed by atoms with Gasteiger partial charge in [0, 0.05) is 11.7 Å². The van der Waals surface area contributed by atoms with Gasteiger partial charge in [-0.3, -0.25) is 9.59 Å². The second kappa shape index (κ2) is 16.4. The third-order valence-electron chi connectivity index (χ3n) is 6.86. The molecule has 0 aromatic heterocycles. The first-order valence-electron chi connectivity index (χ1n) is 14.6. The Balaban J connectivity index is 2.61. The summed E-state index contributed by atoms with van der Waals surface area (Å²) in [6.45, 7) is 13.5. The van der Waals surface area contributed by atoms with Crippen LogP contribution in [0.1, 0.15) is 78.0 Å². The van der Waals surface area contributed by atoms with E-state index in [1.54, 1.807) is 68.8 Å². The van der Waals surface area contributed by atoms with Crippen LogP contribution >= 0.6 is 11.8 Å².